The van der Waals surface area contributed by atoms with Gasteiger partial charge in [-0.15, -0.1) is 0 Å². The number of carbonyl (C=O) groups excluding carboxylic acids is 6. The van der Waals surface area contributed by atoms with Crippen LogP contribution in [0.5, 0.6) is 0 Å². The van der Waals surface area contributed by atoms with Gasteiger partial charge < -0.3 is 60.5 Å². The predicted molar refractivity (Wildman–Crippen MR) is 197 cm³/mol. The minimum atomic E-state index is -1.24. The van der Waals surface area contributed by atoms with Crippen molar-refractivity contribution < 1.29 is 67.5 Å². The van der Waals surface area contributed by atoms with E-state index in [4.69, 9.17) is 18.9 Å². The maximum atomic E-state index is 12.3. The van der Waals surface area contributed by atoms with E-state index in [9.17, 15) is 48.6 Å². The molecule has 310 valence electrons. The van der Waals surface area contributed by atoms with Gasteiger partial charge in [0, 0.05) is 38.9 Å². The number of aldehydes is 1. The van der Waals surface area contributed by atoms with Crippen LogP contribution in [-0.4, -0.2) is 148 Å². The smallest absolute Gasteiger partial charge is 0.326 e. The van der Waals surface area contributed by atoms with Crippen LogP contribution in [0.15, 0.2) is 0 Å². The fourth-order valence-corrected chi connectivity index (χ4v) is 5.01. The molecule has 20 heteroatoms. The number of alkyl halides is 1. The topological polar surface area (TPSA) is 274 Å². The molecule has 0 aromatic heterocycles. The largest absolute Gasteiger partial charge is 0.480 e. The lowest BCUT2D eigenvalue weighted by atomic mass is 9.92. The molecule has 4 unspecified atom stereocenters. The number of hydrogen-bond acceptors (Lipinski definition) is 12. The van der Waals surface area contributed by atoms with Gasteiger partial charge in [0.05, 0.1) is 45.0 Å². The lowest BCUT2D eigenvalue weighted by Crippen LogP contribution is -2.42. The number of aliphatic carboxylic acids is 2. The lowest BCUT2D eigenvalue weighted by molar-refractivity contribution is -0.143. The molecule has 7 N–H and O–H groups in total. The third-order valence-electron chi connectivity index (χ3n) is 7.47. The molecule has 0 aliphatic rings. The molecule has 0 saturated carbocycles. The van der Waals surface area contributed by atoms with Gasteiger partial charge in [0.15, 0.2) is 0 Å². The Kier molecular flexibility index (Phi) is 30.4. The molecule has 54 heavy (non-hydrogen) atoms. The molecule has 0 aromatic carbocycles. The van der Waals surface area contributed by atoms with Crippen LogP contribution in [0.1, 0.15) is 65.2 Å². The van der Waals surface area contributed by atoms with Gasteiger partial charge in [-0.3, -0.25) is 24.0 Å². The molecule has 0 rings (SSSR count). The SMILES string of the molecule is CC(CC=O)CC(C)CC(=O)NC(CCC(=O)NCCOCCOCC(=O)NCCOCCOCC(=O)NC(CCCCNC(=O)CBr)C(=O)O)C(=O)O. The molecule has 19 nitrogen and oxygen atoms in total. The average molecular weight is 841 g/mol. The van der Waals surface area contributed by atoms with Crippen molar-refractivity contribution in [3.8, 4) is 0 Å². The zero-order valence-corrected chi connectivity index (χ0v) is 32.8. The Balaban J connectivity index is 3.84. The first-order valence-electron chi connectivity index (χ1n) is 17.9. The van der Waals surface area contributed by atoms with Crippen molar-refractivity contribution in [1.29, 1.82) is 0 Å². The Hall–Kier alpha value is -3.72. The van der Waals surface area contributed by atoms with Crippen LogP contribution in [0, 0.1) is 11.8 Å². The van der Waals surface area contributed by atoms with Crippen molar-refractivity contribution in [1.82, 2.24) is 26.6 Å². The van der Waals surface area contributed by atoms with Crippen LogP contribution in [-0.2, 0) is 57.3 Å². The van der Waals surface area contributed by atoms with Crippen LogP contribution >= 0.6 is 15.9 Å². The van der Waals surface area contributed by atoms with Crippen LogP contribution in [0.25, 0.3) is 0 Å². The first kappa shape index (κ1) is 50.3. The maximum Gasteiger partial charge on any atom is 0.326 e. The quantitative estimate of drug-likeness (QED) is 0.0242. The lowest BCUT2D eigenvalue weighted by Gasteiger charge is -2.18. The zero-order valence-electron chi connectivity index (χ0n) is 31.2. The summed E-state index contributed by atoms with van der Waals surface area (Å²) < 4.78 is 21.1. The third-order valence-corrected chi connectivity index (χ3v) is 7.98. The Bertz CT molecular complexity index is 1150. The van der Waals surface area contributed by atoms with Crippen LogP contribution in [0.2, 0.25) is 0 Å². The van der Waals surface area contributed by atoms with Gasteiger partial charge in [-0.2, -0.15) is 0 Å². The van der Waals surface area contributed by atoms with E-state index in [1.165, 1.54) is 0 Å². The average Bonchev–Trinajstić information content (AvgIpc) is 3.11. The number of carboxylic acids is 2. The number of hydrogen-bond donors (Lipinski definition) is 7. The first-order valence-corrected chi connectivity index (χ1v) is 19.1. The van der Waals surface area contributed by atoms with E-state index in [-0.39, 0.29) is 121 Å². The van der Waals surface area contributed by atoms with Crippen molar-refractivity contribution in [2.75, 3.05) is 77.8 Å². The van der Waals surface area contributed by atoms with Crippen molar-refractivity contribution >= 4 is 63.7 Å². The van der Waals surface area contributed by atoms with Crippen molar-refractivity contribution in [2.24, 2.45) is 11.8 Å². The van der Waals surface area contributed by atoms with Gasteiger partial charge in [-0.05, 0) is 43.9 Å². The molecule has 0 fully saturated rings. The number of carbonyl (C=O) groups is 8. The molecule has 0 aromatic rings. The van der Waals surface area contributed by atoms with Crippen molar-refractivity contribution in [3.63, 3.8) is 0 Å². The normalized spacial score (nSPS) is 13.1. The van der Waals surface area contributed by atoms with Crippen LogP contribution < -0.4 is 26.6 Å². The molecule has 0 saturated heterocycles. The second kappa shape index (κ2) is 32.7. The highest BCUT2D eigenvalue weighted by molar-refractivity contribution is 9.09. The van der Waals surface area contributed by atoms with E-state index in [2.05, 4.69) is 42.5 Å². The standard InChI is InChI=1S/C34H58BrN5O14/c1-24(8-12-41)19-25(2)20-29(43)39-27(34(49)50)6-7-28(42)37-10-13-51-15-17-53-22-31(45)38-11-14-52-16-18-54-23-32(46)40-26(33(47)48)5-3-4-9-36-30(44)21-35/h12,24-27H,3-11,13-23H2,1-2H3,(H,36,44)(H,37,42)(H,38,45)(H,39,43)(H,40,46)(H,47,48)(H,49,50). The van der Waals surface area contributed by atoms with E-state index in [1.807, 2.05) is 13.8 Å². The van der Waals surface area contributed by atoms with E-state index in [0.717, 1.165) is 6.29 Å². The van der Waals surface area contributed by atoms with Gasteiger partial charge >= 0.3 is 11.9 Å². The summed E-state index contributed by atoms with van der Waals surface area (Å²) in [4.78, 5) is 93.0. The van der Waals surface area contributed by atoms with Gasteiger partial charge in [-0.1, -0.05) is 29.8 Å². The Morgan fingerprint density at radius 1 is 0.611 bits per heavy atom. The maximum absolute atomic E-state index is 12.3. The second-order valence-electron chi connectivity index (χ2n) is 12.5. The number of ether oxygens (including phenoxy) is 4. The molecular weight excluding hydrogens is 782 g/mol. The molecule has 0 heterocycles. The summed E-state index contributed by atoms with van der Waals surface area (Å²) >= 11 is 3.03. The minimum absolute atomic E-state index is 0.0273. The Labute approximate surface area is 324 Å². The number of amides is 5. The highest BCUT2D eigenvalue weighted by Crippen LogP contribution is 2.17. The molecule has 0 aliphatic carbocycles. The summed E-state index contributed by atoms with van der Waals surface area (Å²) in [6.45, 7) is 4.87. The number of nitrogens with one attached hydrogen (secondary N) is 5. The summed E-state index contributed by atoms with van der Waals surface area (Å²) in [5.41, 5.74) is 0. The number of carboxylic acid groups (broad SMARTS) is 2. The van der Waals surface area contributed by atoms with Crippen molar-refractivity contribution in [2.45, 2.75) is 77.3 Å². The van der Waals surface area contributed by atoms with Gasteiger partial charge in [0.25, 0.3) is 0 Å². The molecular formula is C34H58BrN5O14. The predicted octanol–water partition coefficient (Wildman–Crippen LogP) is -0.473. The fourth-order valence-electron chi connectivity index (χ4n) is 4.81. The number of unbranched alkanes of at least 4 members (excludes halogenated alkanes) is 1. The molecule has 4 atom stereocenters. The van der Waals surface area contributed by atoms with Crippen LogP contribution in [0.4, 0.5) is 0 Å². The minimum Gasteiger partial charge on any atom is -0.480 e. The first-order chi connectivity index (χ1) is 25.8. The molecule has 0 spiro atoms. The highest BCUT2D eigenvalue weighted by atomic mass is 79.9. The van der Waals surface area contributed by atoms with Gasteiger partial charge in [0.1, 0.15) is 31.6 Å². The molecule has 0 radical (unpaired) electrons. The van der Waals surface area contributed by atoms with E-state index in [1.54, 1.807) is 0 Å². The summed E-state index contributed by atoms with van der Waals surface area (Å²) in [6, 6.07) is -2.27. The number of halogens is 1. The Morgan fingerprint density at radius 3 is 1.70 bits per heavy atom. The fraction of sp³-hybridized carbons (Fsp3) is 0.765. The van der Waals surface area contributed by atoms with E-state index < -0.39 is 41.7 Å². The number of rotatable bonds is 35. The summed E-state index contributed by atoms with van der Waals surface area (Å²) in [5.74, 6) is -4.23. The summed E-state index contributed by atoms with van der Waals surface area (Å²) in [5, 5.41) is 31.7. The molecule has 0 aliphatic heterocycles. The molecule has 0 bridgehead atoms. The van der Waals surface area contributed by atoms with Crippen molar-refractivity contribution in [3.05, 3.63) is 0 Å². The highest BCUT2D eigenvalue weighted by Gasteiger charge is 2.23. The van der Waals surface area contributed by atoms with Gasteiger partial charge in [-0.25, -0.2) is 9.59 Å². The monoisotopic (exact) mass is 839 g/mol. The second-order valence-corrected chi connectivity index (χ2v) is 13.1. The van der Waals surface area contributed by atoms with E-state index in [0.29, 0.717) is 32.2 Å². The summed E-state index contributed by atoms with van der Waals surface area (Å²) in [7, 11) is 0. The van der Waals surface area contributed by atoms with Crippen LogP contribution in [0.3, 0.4) is 0 Å². The van der Waals surface area contributed by atoms with Gasteiger partial charge in [0.2, 0.25) is 29.5 Å². The third kappa shape index (κ3) is 29.7. The van der Waals surface area contributed by atoms with E-state index >= 15 is 0 Å². The zero-order chi connectivity index (χ0) is 40.6. The Morgan fingerprint density at radius 2 is 1.13 bits per heavy atom. The molecule has 5 amide bonds. The summed E-state index contributed by atoms with van der Waals surface area (Å²) in [6.07, 6.45) is 3.09.